The molecule has 0 aliphatic heterocycles. The van der Waals surface area contributed by atoms with Gasteiger partial charge in [0.25, 0.3) is 0 Å². The molecule has 0 aliphatic carbocycles. The van der Waals surface area contributed by atoms with Crippen molar-refractivity contribution in [2.45, 2.75) is 26.4 Å². The molecule has 0 saturated heterocycles. The van der Waals surface area contributed by atoms with E-state index >= 15 is 0 Å². The number of carbonyl (C=O) groups excluding carboxylic acids is 1. The molecular weight excluding hydrogens is 240 g/mol. The predicted molar refractivity (Wildman–Crippen MR) is 72.6 cm³/mol. The first kappa shape index (κ1) is 13.2. The maximum atomic E-state index is 12.2. The fourth-order valence-electron chi connectivity index (χ4n) is 1.67. The van der Waals surface area contributed by atoms with Crippen molar-refractivity contribution in [2.24, 2.45) is 0 Å². The Labute approximate surface area is 112 Å². The Morgan fingerprint density at radius 1 is 1.05 bits per heavy atom. The third-order valence-corrected chi connectivity index (χ3v) is 2.43. The lowest BCUT2D eigenvalue weighted by Crippen LogP contribution is -2.24. The molecule has 4 nitrogen and oxygen atoms in total. The monoisotopic (exact) mass is 256 g/mol. The van der Waals surface area contributed by atoms with Crippen LogP contribution in [0.3, 0.4) is 0 Å². The minimum absolute atomic E-state index is 0.368. The average Bonchev–Trinajstić information content (AvgIpc) is 2.38. The fourth-order valence-corrected chi connectivity index (χ4v) is 1.67. The van der Waals surface area contributed by atoms with Crippen LogP contribution in [-0.2, 0) is 4.74 Å². The number of nitrogens with zero attached hydrogens (tertiary/aromatic N) is 2. The maximum absolute atomic E-state index is 12.2. The van der Waals surface area contributed by atoms with Crippen LogP contribution in [0.25, 0.3) is 11.1 Å². The molecule has 2 aromatic heterocycles. The Morgan fingerprint density at radius 3 is 2.32 bits per heavy atom. The van der Waals surface area contributed by atoms with E-state index in [-0.39, 0.29) is 5.97 Å². The van der Waals surface area contributed by atoms with Crippen LogP contribution in [-0.4, -0.2) is 21.5 Å². The molecular formula is C15H16N2O2. The second-order valence-electron chi connectivity index (χ2n) is 5.16. The highest BCUT2D eigenvalue weighted by Crippen LogP contribution is 2.24. The molecule has 2 aromatic rings. The van der Waals surface area contributed by atoms with Gasteiger partial charge in [-0.05, 0) is 50.1 Å². The largest absolute Gasteiger partial charge is 0.456 e. The van der Waals surface area contributed by atoms with Crippen LogP contribution in [0.2, 0.25) is 0 Å². The smallest absolute Gasteiger partial charge is 0.340 e. The number of rotatable bonds is 2. The van der Waals surface area contributed by atoms with E-state index in [9.17, 15) is 4.79 Å². The van der Waals surface area contributed by atoms with Crippen molar-refractivity contribution in [1.82, 2.24) is 9.97 Å². The van der Waals surface area contributed by atoms with Gasteiger partial charge in [-0.2, -0.15) is 0 Å². The highest BCUT2D eigenvalue weighted by molar-refractivity contribution is 5.97. The SMILES string of the molecule is CC(C)(C)OC(=O)c1cnccc1-c1ccncc1. The van der Waals surface area contributed by atoms with Gasteiger partial charge >= 0.3 is 5.97 Å². The van der Waals surface area contributed by atoms with E-state index in [0.29, 0.717) is 5.56 Å². The summed E-state index contributed by atoms with van der Waals surface area (Å²) in [6.45, 7) is 5.52. The van der Waals surface area contributed by atoms with E-state index in [1.165, 1.54) is 6.20 Å². The summed E-state index contributed by atoms with van der Waals surface area (Å²) in [6, 6.07) is 5.50. The summed E-state index contributed by atoms with van der Waals surface area (Å²) in [4.78, 5) is 20.2. The molecule has 0 radical (unpaired) electrons. The number of esters is 1. The third kappa shape index (κ3) is 3.37. The lowest BCUT2D eigenvalue weighted by molar-refractivity contribution is 0.00700. The first-order chi connectivity index (χ1) is 8.97. The van der Waals surface area contributed by atoms with Gasteiger partial charge in [-0.3, -0.25) is 9.97 Å². The first-order valence-electron chi connectivity index (χ1n) is 6.05. The standard InChI is InChI=1S/C15H16N2O2/c1-15(2,3)19-14(18)13-10-17-9-6-12(13)11-4-7-16-8-5-11/h4-10H,1-3H3. The van der Waals surface area contributed by atoms with Crippen molar-refractivity contribution in [3.05, 3.63) is 48.5 Å². The number of pyridine rings is 2. The van der Waals surface area contributed by atoms with Crippen molar-refractivity contribution in [3.63, 3.8) is 0 Å². The van der Waals surface area contributed by atoms with Crippen LogP contribution in [0.4, 0.5) is 0 Å². The molecule has 98 valence electrons. The summed E-state index contributed by atoms with van der Waals surface area (Å²) in [5, 5.41) is 0. The molecule has 0 unspecified atom stereocenters. The Bertz CT molecular complexity index is 574. The zero-order valence-electron chi connectivity index (χ0n) is 11.3. The van der Waals surface area contributed by atoms with Crippen molar-refractivity contribution in [3.8, 4) is 11.1 Å². The van der Waals surface area contributed by atoms with E-state index in [1.54, 1.807) is 24.7 Å². The van der Waals surface area contributed by atoms with Gasteiger partial charge in [0, 0.05) is 24.8 Å². The lowest BCUT2D eigenvalue weighted by Gasteiger charge is -2.20. The zero-order valence-corrected chi connectivity index (χ0v) is 11.3. The van der Waals surface area contributed by atoms with Gasteiger partial charge in [0.2, 0.25) is 0 Å². The Kier molecular flexibility index (Phi) is 3.60. The fraction of sp³-hybridized carbons (Fsp3) is 0.267. The molecule has 0 bridgehead atoms. The molecule has 0 aromatic carbocycles. The summed E-state index contributed by atoms with van der Waals surface area (Å²) < 4.78 is 5.39. The maximum Gasteiger partial charge on any atom is 0.340 e. The van der Waals surface area contributed by atoms with E-state index in [4.69, 9.17) is 4.74 Å². The molecule has 0 saturated carbocycles. The van der Waals surface area contributed by atoms with Gasteiger partial charge in [-0.25, -0.2) is 4.79 Å². The average molecular weight is 256 g/mol. The third-order valence-electron chi connectivity index (χ3n) is 2.43. The molecule has 0 amide bonds. The van der Waals surface area contributed by atoms with Crippen molar-refractivity contribution < 1.29 is 9.53 Å². The van der Waals surface area contributed by atoms with Gasteiger partial charge in [-0.15, -0.1) is 0 Å². The van der Waals surface area contributed by atoms with E-state index in [2.05, 4.69) is 9.97 Å². The van der Waals surface area contributed by atoms with Crippen LogP contribution in [0.5, 0.6) is 0 Å². The van der Waals surface area contributed by atoms with Crippen molar-refractivity contribution >= 4 is 5.97 Å². The van der Waals surface area contributed by atoms with Crippen LogP contribution in [0.15, 0.2) is 43.0 Å². The van der Waals surface area contributed by atoms with Crippen molar-refractivity contribution in [1.29, 1.82) is 0 Å². The number of ether oxygens (including phenoxy) is 1. The lowest BCUT2D eigenvalue weighted by atomic mass is 10.0. The number of hydrogen-bond acceptors (Lipinski definition) is 4. The van der Waals surface area contributed by atoms with Crippen LogP contribution < -0.4 is 0 Å². The molecule has 0 spiro atoms. The Balaban J connectivity index is 2.40. The highest BCUT2D eigenvalue weighted by Gasteiger charge is 2.20. The van der Waals surface area contributed by atoms with E-state index in [0.717, 1.165) is 11.1 Å². The normalized spacial score (nSPS) is 11.1. The second kappa shape index (κ2) is 5.18. The summed E-state index contributed by atoms with van der Waals surface area (Å²) in [5.74, 6) is -0.368. The van der Waals surface area contributed by atoms with Gasteiger partial charge in [0.05, 0.1) is 5.56 Å². The molecule has 0 atom stereocenters. The highest BCUT2D eigenvalue weighted by atomic mass is 16.6. The summed E-state index contributed by atoms with van der Waals surface area (Å²) in [5.41, 5.74) is 1.65. The Hall–Kier alpha value is -2.23. The van der Waals surface area contributed by atoms with Crippen molar-refractivity contribution in [2.75, 3.05) is 0 Å². The molecule has 2 rings (SSSR count). The van der Waals surface area contributed by atoms with Gasteiger partial charge in [0.15, 0.2) is 0 Å². The van der Waals surface area contributed by atoms with E-state index < -0.39 is 5.60 Å². The number of hydrogen-bond donors (Lipinski definition) is 0. The minimum atomic E-state index is -0.525. The first-order valence-corrected chi connectivity index (χ1v) is 6.05. The summed E-state index contributed by atoms with van der Waals surface area (Å²) in [6.07, 6.45) is 6.57. The summed E-state index contributed by atoms with van der Waals surface area (Å²) >= 11 is 0. The van der Waals surface area contributed by atoms with E-state index in [1.807, 2.05) is 32.9 Å². The molecule has 0 fully saturated rings. The minimum Gasteiger partial charge on any atom is -0.456 e. The molecule has 4 heteroatoms. The Morgan fingerprint density at radius 2 is 1.68 bits per heavy atom. The van der Waals surface area contributed by atoms with Gasteiger partial charge in [0.1, 0.15) is 5.60 Å². The molecule has 0 N–H and O–H groups in total. The zero-order chi connectivity index (χ0) is 13.9. The van der Waals surface area contributed by atoms with Crippen LogP contribution in [0.1, 0.15) is 31.1 Å². The van der Waals surface area contributed by atoms with Crippen LogP contribution in [0, 0.1) is 0 Å². The van der Waals surface area contributed by atoms with Crippen LogP contribution >= 0.6 is 0 Å². The molecule has 19 heavy (non-hydrogen) atoms. The van der Waals surface area contributed by atoms with Gasteiger partial charge in [-0.1, -0.05) is 0 Å². The predicted octanol–water partition coefficient (Wildman–Crippen LogP) is 3.10. The van der Waals surface area contributed by atoms with Gasteiger partial charge < -0.3 is 4.74 Å². The number of aromatic nitrogens is 2. The second-order valence-corrected chi connectivity index (χ2v) is 5.16. The molecule has 0 aliphatic rings. The molecule has 2 heterocycles. The summed E-state index contributed by atoms with van der Waals surface area (Å²) in [7, 11) is 0. The quantitative estimate of drug-likeness (QED) is 0.775. The topological polar surface area (TPSA) is 52.1 Å². The number of carbonyl (C=O) groups is 1.